The van der Waals surface area contributed by atoms with Gasteiger partial charge < -0.3 is 10.2 Å². The number of rotatable bonds is 15. The van der Waals surface area contributed by atoms with Gasteiger partial charge in [0, 0.05) is 24.3 Å². The maximum Gasteiger partial charge on any atom is 0.233 e. The third kappa shape index (κ3) is 9.16. The number of nitrogens with zero attached hydrogens (tertiary/aromatic N) is 2. The summed E-state index contributed by atoms with van der Waals surface area (Å²) in [7, 11) is 0. The number of Topliss-reactive ketones (excluding diaryl/α,β-unsaturated/α-hetero) is 1. The van der Waals surface area contributed by atoms with Crippen LogP contribution in [0.1, 0.15) is 84.0 Å². The highest BCUT2D eigenvalue weighted by Crippen LogP contribution is 2.25. The lowest BCUT2D eigenvalue weighted by molar-refractivity contribution is -0.154. The van der Waals surface area contributed by atoms with Gasteiger partial charge >= 0.3 is 0 Å². The van der Waals surface area contributed by atoms with E-state index in [0.717, 1.165) is 44.5 Å². The number of ketones is 1. The Hall–Kier alpha value is -2.41. The van der Waals surface area contributed by atoms with E-state index in [-0.39, 0.29) is 18.2 Å². The van der Waals surface area contributed by atoms with Crippen LogP contribution in [-0.4, -0.2) is 54.0 Å². The molecule has 7 heteroatoms. The van der Waals surface area contributed by atoms with Gasteiger partial charge in [-0.2, -0.15) is 0 Å². The molecule has 0 aliphatic heterocycles. The summed E-state index contributed by atoms with van der Waals surface area (Å²) in [6, 6.07) is 6.87. The summed E-state index contributed by atoms with van der Waals surface area (Å²) < 4.78 is 0. The Morgan fingerprint density at radius 2 is 1.61 bits per heavy atom. The van der Waals surface area contributed by atoms with Crippen LogP contribution in [0.2, 0.25) is 0 Å². The highest BCUT2D eigenvalue weighted by Gasteiger charge is 2.35. The fraction of sp³-hybridized carbons (Fsp3) is 0.654. The average Bonchev–Trinajstić information content (AvgIpc) is 2.78. The summed E-state index contributed by atoms with van der Waals surface area (Å²) in [6.45, 7) is 13.9. The molecule has 1 aromatic rings. The first-order valence-corrected chi connectivity index (χ1v) is 12.2. The van der Waals surface area contributed by atoms with Crippen LogP contribution < -0.4 is 10.2 Å². The molecule has 186 valence electrons. The number of hydrogen-bond acceptors (Lipinski definition) is 5. The smallest absolute Gasteiger partial charge is 0.233 e. The van der Waals surface area contributed by atoms with Gasteiger partial charge in [0.2, 0.25) is 12.3 Å². The zero-order valence-electron chi connectivity index (χ0n) is 21.3. The molecule has 33 heavy (non-hydrogen) atoms. The molecule has 2 amide bonds. The molecule has 0 spiro atoms. The molecule has 1 aromatic carbocycles. The van der Waals surface area contributed by atoms with E-state index in [2.05, 4.69) is 24.1 Å². The lowest BCUT2D eigenvalue weighted by Crippen LogP contribution is -2.52. The van der Waals surface area contributed by atoms with Crippen LogP contribution in [0.3, 0.4) is 0 Å². The van der Waals surface area contributed by atoms with Crippen molar-refractivity contribution in [3.63, 3.8) is 0 Å². The number of unbranched alkanes of at least 4 members (excludes halogenated alkanes) is 1. The maximum atomic E-state index is 13.4. The number of amides is 2. The molecule has 2 unspecified atom stereocenters. The van der Waals surface area contributed by atoms with Crippen molar-refractivity contribution in [3.05, 3.63) is 29.8 Å². The minimum atomic E-state index is -0.731. The highest BCUT2D eigenvalue weighted by atomic mass is 16.5. The Bertz CT molecular complexity index is 737. The Labute approximate surface area is 199 Å². The van der Waals surface area contributed by atoms with Crippen molar-refractivity contribution < 1.29 is 19.6 Å². The SMILES string of the molecule is CCCCC(CN(O)C=O)C(=O)NC(C(=O)c1ccc(N(CCC)CCC)cc1)C(C)(C)C. The lowest BCUT2D eigenvalue weighted by atomic mass is 9.81. The van der Waals surface area contributed by atoms with Crippen LogP contribution in [0, 0.1) is 11.3 Å². The second-order valence-electron chi connectivity index (χ2n) is 9.77. The van der Waals surface area contributed by atoms with Crippen molar-refractivity contribution in [1.82, 2.24) is 10.4 Å². The Balaban J connectivity index is 3.08. The molecule has 2 N–H and O–H groups in total. The van der Waals surface area contributed by atoms with Gasteiger partial charge in [-0.15, -0.1) is 0 Å². The van der Waals surface area contributed by atoms with Crippen LogP contribution in [0.4, 0.5) is 5.69 Å². The quantitative estimate of drug-likeness (QED) is 0.171. The van der Waals surface area contributed by atoms with Crippen molar-refractivity contribution in [2.45, 2.75) is 79.7 Å². The van der Waals surface area contributed by atoms with Gasteiger partial charge in [0.1, 0.15) is 0 Å². The van der Waals surface area contributed by atoms with Crippen LogP contribution in [0.15, 0.2) is 24.3 Å². The average molecular weight is 462 g/mol. The molecule has 0 bridgehead atoms. The van der Waals surface area contributed by atoms with E-state index in [1.165, 1.54) is 0 Å². The molecule has 0 aromatic heterocycles. The van der Waals surface area contributed by atoms with Crippen LogP contribution >= 0.6 is 0 Å². The number of anilines is 1. The Kier molecular flexibility index (Phi) is 12.1. The molecular weight excluding hydrogens is 418 g/mol. The monoisotopic (exact) mass is 461 g/mol. The van der Waals surface area contributed by atoms with Gasteiger partial charge in [0.25, 0.3) is 0 Å². The van der Waals surface area contributed by atoms with Crippen molar-refractivity contribution >= 4 is 23.8 Å². The maximum absolute atomic E-state index is 13.4. The van der Waals surface area contributed by atoms with Gasteiger partial charge in [-0.1, -0.05) is 54.4 Å². The third-order valence-electron chi connectivity index (χ3n) is 5.72. The first-order valence-electron chi connectivity index (χ1n) is 12.2. The van der Waals surface area contributed by atoms with E-state index in [1.54, 1.807) is 0 Å². The minimum absolute atomic E-state index is 0.0974. The standard InChI is InChI=1S/C26H43N3O4/c1-7-10-11-21(18-29(33)19-30)25(32)27-24(26(4,5)6)23(31)20-12-14-22(15-13-20)28(16-8-2)17-9-3/h12-15,19,21,24,33H,7-11,16-18H2,1-6H3,(H,27,32). The van der Waals surface area contributed by atoms with Gasteiger partial charge in [0.05, 0.1) is 18.5 Å². The summed E-state index contributed by atoms with van der Waals surface area (Å²) in [6.07, 6.45) is 4.59. The first kappa shape index (κ1) is 28.6. The summed E-state index contributed by atoms with van der Waals surface area (Å²) >= 11 is 0. The molecule has 0 aliphatic rings. The zero-order valence-corrected chi connectivity index (χ0v) is 21.3. The normalized spacial score (nSPS) is 13.2. The van der Waals surface area contributed by atoms with E-state index in [0.29, 0.717) is 23.5 Å². The fourth-order valence-electron chi connectivity index (χ4n) is 3.87. The van der Waals surface area contributed by atoms with Gasteiger partial charge in [-0.25, -0.2) is 5.06 Å². The van der Waals surface area contributed by atoms with Gasteiger partial charge in [-0.3, -0.25) is 19.6 Å². The molecule has 0 radical (unpaired) electrons. The Morgan fingerprint density at radius 1 is 1.03 bits per heavy atom. The largest absolute Gasteiger partial charge is 0.372 e. The number of carbonyl (C=O) groups excluding carboxylic acids is 3. The van der Waals surface area contributed by atoms with Crippen molar-refractivity contribution in [2.75, 3.05) is 24.5 Å². The topological polar surface area (TPSA) is 90.0 Å². The second kappa shape index (κ2) is 14.0. The predicted octanol–water partition coefficient (Wildman–Crippen LogP) is 4.68. The molecular formula is C26H43N3O4. The number of benzene rings is 1. The summed E-state index contributed by atoms with van der Waals surface area (Å²) in [5.41, 5.74) is 1.12. The number of hydroxylamine groups is 2. The number of nitrogens with one attached hydrogen (secondary N) is 1. The third-order valence-corrected chi connectivity index (χ3v) is 5.72. The van der Waals surface area contributed by atoms with E-state index in [9.17, 15) is 19.6 Å². The molecule has 0 heterocycles. The number of hydrogen-bond donors (Lipinski definition) is 2. The summed E-state index contributed by atoms with van der Waals surface area (Å²) in [5.74, 6) is -1.06. The van der Waals surface area contributed by atoms with E-state index in [4.69, 9.17) is 0 Å². The van der Waals surface area contributed by atoms with Gasteiger partial charge in [0.15, 0.2) is 5.78 Å². The van der Waals surface area contributed by atoms with Crippen molar-refractivity contribution in [2.24, 2.45) is 11.3 Å². The summed E-state index contributed by atoms with van der Waals surface area (Å²) in [5, 5.41) is 13.0. The molecule has 0 fully saturated rings. The van der Waals surface area contributed by atoms with E-state index < -0.39 is 17.4 Å². The van der Waals surface area contributed by atoms with Crippen molar-refractivity contribution in [3.8, 4) is 0 Å². The zero-order chi connectivity index (χ0) is 25.0. The first-order chi connectivity index (χ1) is 15.6. The predicted molar refractivity (Wildman–Crippen MR) is 133 cm³/mol. The van der Waals surface area contributed by atoms with Crippen molar-refractivity contribution in [1.29, 1.82) is 0 Å². The molecule has 0 aliphatic carbocycles. The number of carbonyl (C=O) groups is 3. The fourth-order valence-corrected chi connectivity index (χ4v) is 3.87. The molecule has 0 saturated heterocycles. The van der Waals surface area contributed by atoms with Crippen LogP contribution in [0.5, 0.6) is 0 Å². The minimum Gasteiger partial charge on any atom is -0.372 e. The lowest BCUT2D eigenvalue weighted by Gasteiger charge is -2.32. The van der Waals surface area contributed by atoms with Gasteiger partial charge in [-0.05, 0) is 48.9 Å². The van der Waals surface area contributed by atoms with Crippen LogP contribution in [0.25, 0.3) is 0 Å². The second-order valence-corrected chi connectivity index (χ2v) is 9.77. The highest BCUT2D eigenvalue weighted by molar-refractivity contribution is 6.02. The molecule has 1 rings (SSSR count). The van der Waals surface area contributed by atoms with E-state index >= 15 is 0 Å². The van der Waals surface area contributed by atoms with Crippen LogP contribution in [-0.2, 0) is 9.59 Å². The van der Waals surface area contributed by atoms with E-state index in [1.807, 2.05) is 52.0 Å². The summed E-state index contributed by atoms with van der Waals surface area (Å²) in [4.78, 5) is 39.7. The molecule has 7 nitrogen and oxygen atoms in total. The molecule has 0 saturated carbocycles. The Morgan fingerprint density at radius 3 is 2.06 bits per heavy atom. The molecule has 2 atom stereocenters.